The van der Waals surface area contributed by atoms with Crippen LogP contribution < -0.4 is 0 Å². The fourth-order valence-corrected chi connectivity index (χ4v) is 3.62. The average Bonchev–Trinajstić information content (AvgIpc) is 3.09. The van der Waals surface area contributed by atoms with E-state index in [0.717, 1.165) is 24.1 Å². The lowest BCUT2D eigenvalue weighted by molar-refractivity contribution is 0.0677. The van der Waals surface area contributed by atoms with Gasteiger partial charge < -0.3 is 9.32 Å². The zero-order valence-electron chi connectivity index (χ0n) is 14.2. The maximum absolute atomic E-state index is 13.1. The summed E-state index contributed by atoms with van der Waals surface area (Å²) in [6.45, 7) is 2.67. The van der Waals surface area contributed by atoms with Gasteiger partial charge in [0, 0.05) is 18.4 Å². The second kappa shape index (κ2) is 6.55. The van der Waals surface area contributed by atoms with Gasteiger partial charge in [-0.3, -0.25) is 9.78 Å². The van der Waals surface area contributed by atoms with Crippen molar-refractivity contribution in [2.45, 2.75) is 25.8 Å². The van der Waals surface area contributed by atoms with Crippen molar-refractivity contribution in [3.8, 4) is 0 Å². The Morgan fingerprint density at radius 1 is 1.20 bits per heavy atom. The summed E-state index contributed by atoms with van der Waals surface area (Å²) in [4.78, 5) is 19.4. The first-order chi connectivity index (χ1) is 12.2. The van der Waals surface area contributed by atoms with Crippen molar-refractivity contribution in [2.24, 2.45) is 0 Å². The summed E-state index contributed by atoms with van der Waals surface area (Å²) in [7, 11) is 0. The van der Waals surface area contributed by atoms with Crippen LogP contribution in [-0.4, -0.2) is 22.3 Å². The Balaban J connectivity index is 1.85. The maximum Gasteiger partial charge on any atom is 0.290 e. The molecule has 1 amide bonds. The molecule has 3 heterocycles. The van der Waals surface area contributed by atoms with E-state index in [2.05, 4.69) is 29.2 Å². The molecule has 1 aliphatic heterocycles. The predicted molar refractivity (Wildman–Crippen MR) is 95.3 cm³/mol. The molecular weight excluding hydrogens is 312 g/mol. The smallest absolute Gasteiger partial charge is 0.290 e. The molecule has 4 heteroatoms. The quantitative estimate of drug-likeness (QED) is 0.708. The van der Waals surface area contributed by atoms with Crippen LogP contribution in [0.4, 0.5) is 0 Å². The number of amides is 1. The first-order valence-electron chi connectivity index (χ1n) is 8.59. The molecule has 3 aromatic rings. The molecule has 0 N–H and O–H groups in total. The number of nitrogens with zero attached hydrogens (tertiary/aromatic N) is 2. The molecule has 0 radical (unpaired) electrons. The van der Waals surface area contributed by atoms with E-state index in [-0.39, 0.29) is 11.9 Å². The molecule has 126 valence electrons. The van der Waals surface area contributed by atoms with Crippen LogP contribution in [-0.2, 0) is 6.42 Å². The first kappa shape index (κ1) is 15.6. The van der Waals surface area contributed by atoms with Crippen molar-refractivity contribution in [1.29, 1.82) is 0 Å². The van der Waals surface area contributed by atoms with Crippen molar-refractivity contribution in [3.63, 3.8) is 0 Å². The zero-order chi connectivity index (χ0) is 17.2. The number of rotatable bonds is 2. The number of furan rings is 1. The first-order valence-corrected chi connectivity index (χ1v) is 8.59. The largest absolute Gasteiger partial charge is 0.459 e. The molecule has 1 atom stereocenters. The van der Waals surface area contributed by atoms with E-state index in [9.17, 15) is 4.79 Å². The lowest BCUT2D eigenvalue weighted by atomic mass is 9.93. The molecule has 0 aliphatic carbocycles. The molecule has 4 rings (SSSR count). The van der Waals surface area contributed by atoms with Gasteiger partial charge in [-0.2, -0.15) is 0 Å². The zero-order valence-corrected chi connectivity index (χ0v) is 14.2. The Morgan fingerprint density at radius 2 is 2.08 bits per heavy atom. The number of hydrogen-bond donors (Lipinski definition) is 0. The molecule has 25 heavy (non-hydrogen) atoms. The van der Waals surface area contributed by atoms with Crippen molar-refractivity contribution >= 4 is 5.91 Å². The van der Waals surface area contributed by atoms with E-state index in [1.807, 2.05) is 30.2 Å². The monoisotopic (exact) mass is 332 g/mol. The van der Waals surface area contributed by atoms with Crippen LogP contribution >= 0.6 is 0 Å². The summed E-state index contributed by atoms with van der Waals surface area (Å²) in [5, 5.41) is 0. The summed E-state index contributed by atoms with van der Waals surface area (Å²) in [6, 6.07) is 15.8. The van der Waals surface area contributed by atoms with Gasteiger partial charge >= 0.3 is 0 Å². The summed E-state index contributed by atoms with van der Waals surface area (Å²) in [5.41, 5.74) is 4.52. The van der Waals surface area contributed by atoms with E-state index in [1.165, 1.54) is 11.1 Å². The molecule has 4 nitrogen and oxygen atoms in total. The van der Waals surface area contributed by atoms with E-state index in [1.54, 1.807) is 18.4 Å². The maximum atomic E-state index is 13.1. The van der Waals surface area contributed by atoms with Gasteiger partial charge in [-0.1, -0.05) is 24.3 Å². The molecule has 1 aliphatic rings. The minimum atomic E-state index is -0.127. The molecule has 1 aromatic carbocycles. The van der Waals surface area contributed by atoms with E-state index in [0.29, 0.717) is 12.3 Å². The molecule has 0 bridgehead atoms. The topological polar surface area (TPSA) is 46.3 Å². The van der Waals surface area contributed by atoms with E-state index in [4.69, 9.17) is 4.42 Å². The van der Waals surface area contributed by atoms with Crippen LogP contribution in [0.3, 0.4) is 0 Å². The second-order valence-electron chi connectivity index (χ2n) is 6.41. The Bertz CT molecular complexity index is 886. The molecule has 0 saturated carbocycles. The van der Waals surface area contributed by atoms with Crippen LogP contribution in [0.15, 0.2) is 65.4 Å². The Labute approximate surface area is 147 Å². The molecule has 0 fully saturated rings. The van der Waals surface area contributed by atoms with Crippen LogP contribution in [0, 0.1) is 6.92 Å². The van der Waals surface area contributed by atoms with Gasteiger partial charge in [0.15, 0.2) is 5.76 Å². The van der Waals surface area contributed by atoms with Gasteiger partial charge in [0.05, 0.1) is 12.3 Å². The predicted octanol–water partition coefficient (Wildman–Crippen LogP) is 4.16. The Kier molecular flexibility index (Phi) is 4.10. The summed E-state index contributed by atoms with van der Waals surface area (Å²) >= 11 is 0. The van der Waals surface area contributed by atoms with Crippen LogP contribution in [0.25, 0.3) is 0 Å². The summed E-state index contributed by atoms with van der Waals surface area (Å²) < 4.78 is 5.38. The van der Waals surface area contributed by atoms with Gasteiger partial charge in [-0.15, -0.1) is 0 Å². The number of pyridine rings is 1. The number of fused-ring (bicyclic) bond motifs is 1. The Hall–Kier alpha value is -2.88. The SMILES string of the molecule is Cc1cc([C@H]2c3ccccc3CCCN2C(=O)c2ccco2)ccn1. The third kappa shape index (κ3) is 2.95. The third-order valence-electron chi connectivity index (χ3n) is 4.74. The van der Waals surface area contributed by atoms with E-state index >= 15 is 0 Å². The molecule has 2 aromatic heterocycles. The standard InChI is InChI=1S/C21H20N2O2/c1-15-14-17(10-11-22-15)20-18-8-3-2-6-16(18)7-4-12-23(20)21(24)19-9-5-13-25-19/h2-3,5-6,8-11,13-14,20H,4,7,12H2,1H3/t20-/m0/s1. The number of aryl methyl sites for hydroxylation is 2. The lowest BCUT2D eigenvalue weighted by Crippen LogP contribution is -2.35. The second-order valence-corrected chi connectivity index (χ2v) is 6.41. The van der Waals surface area contributed by atoms with Gasteiger partial charge in [-0.05, 0) is 60.7 Å². The number of carbonyl (C=O) groups is 1. The van der Waals surface area contributed by atoms with Gasteiger partial charge in [0.25, 0.3) is 5.91 Å². The average molecular weight is 332 g/mol. The van der Waals surface area contributed by atoms with Gasteiger partial charge in [-0.25, -0.2) is 0 Å². The number of hydrogen-bond acceptors (Lipinski definition) is 3. The van der Waals surface area contributed by atoms with Crippen molar-refractivity contribution in [2.75, 3.05) is 6.54 Å². The molecular formula is C21H20N2O2. The summed E-state index contributed by atoms with van der Waals surface area (Å²) in [6.07, 6.45) is 5.26. The third-order valence-corrected chi connectivity index (χ3v) is 4.74. The summed E-state index contributed by atoms with van der Waals surface area (Å²) in [5.74, 6) is 0.316. The van der Waals surface area contributed by atoms with Gasteiger partial charge in [0.2, 0.25) is 0 Å². The van der Waals surface area contributed by atoms with Crippen molar-refractivity contribution in [1.82, 2.24) is 9.88 Å². The fraction of sp³-hybridized carbons (Fsp3) is 0.238. The van der Waals surface area contributed by atoms with Crippen LogP contribution in [0.1, 0.15) is 45.4 Å². The molecule has 0 saturated heterocycles. The molecule has 0 unspecified atom stereocenters. The normalized spacial score (nSPS) is 17.0. The van der Waals surface area contributed by atoms with Crippen molar-refractivity contribution < 1.29 is 9.21 Å². The lowest BCUT2D eigenvalue weighted by Gasteiger charge is -2.31. The van der Waals surface area contributed by atoms with E-state index < -0.39 is 0 Å². The minimum Gasteiger partial charge on any atom is -0.459 e. The number of benzene rings is 1. The fourth-order valence-electron chi connectivity index (χ4n) is 3.62. The highest BCUT2D eigenvalue weighted by Crippen LogP contribution is 2.35. The van der Waals surface area contributed by atoms with Crippen LogP contribution in [0.5, 0.6) is 0 Å². The van der Waals surface area contributed by atoms with Crippen molar-refractivity contribution in [3.05, 3.63) is 89.1 Å². The number of carbonyl (C=O) groups excluding carboxylic acids is 1. The Morgan fingerprint density at radius 3 is 2.88 bits per heavy atom. The highest BCUT2D eigenvalue weighted by molar-refractivity contribution is 5.92. The van der Waals surface area contributed by atoms with Gasteiger partial charge in [0.1, 0.15) is 0 Å². The minimum absolute atomic E-state index is 0.0684. The van der Waals surface area contributed by atoms with Crippen LogP contribution in [0.2, 0.25) is 0 Å². The highest BCUT2D eigenvalue weighted by atomic mass is 16.3. The number of aromatic nitrogens is 1. The molecule has 0 spiro atoms. The highest BCUT2D eigenvalue weighted by Gasteiger charge is 2.32.